The van der Waals surface area contributed by atoms with Crippen molar-refractivity contribution in [3.05, 3.63) is 66.3 Å². The number of nitrogens with two attached hydrogens (primary N) is 1. The predicted octanol–water partition coefficient (Wildman–Crippen LogP) is -1.82. The number of benzene rings is 1. The van der Waals surface area contributed by atoms with E-state index in [0.717, 1.165) is 17.2 Å². The second kappa shape index (κ2) is 9.51. The van der Waals surface area contributed by atoms with Crippen molar-refractivity contribution in [1.82, 2.24) is 9.13 Å². The minimum Gasteiger partial charge on any atom is -0.478 e. The van der Waals surface area contributed by atoms with Crippen LogP contribution in [0.15, 0.2) is 53.9 Å². The number of primary sulfonamides is 1. The molecule has 0 saturated carbocycles. The number of aliphatic carboxylic acids is 1. The molecule has 0 saturated heterocycles. The Hall–Kier alpha value is -3.10. The summed E-state index contributed by atoms with van der Waals surface area (Å²) in [5, 5.41) is 33.5. The molecule has 3 heterocycles. The van der Waals surface area contributed by atoms with Crippen molar-refractivity contribution >= 4 is 16.0 Å². The van der Waals surface area contributed by atoms with Crippen LogP contribution in [0.4, 0.5) is 0 Å². The molecule has 1 unspecified atom stereocenters. The van der Waals surface area contributed by atoms with Gasteiger partial charge in [0.05, 0.1) is 18.5 Å². The largest absolute Gasteiger partial charge is 0.478 e. The molecular weight excluding hydrogens is 476 g/mol. The van der Waals surface area contributed by atoms with Gasteiger partial charge < -0.3 is 15.3 Å². The first-order chi connectivity index (χ1) is 16.5. The smallest absolute Gasteiger partial charge is 0.346 e. The van der Waals surface area contributed by atoms with E-state index >= 15 is 0 Å². The molecule has 188 valence electrons. The van der Waals surface area contributed by atoms with Crippen LogP contribution in [-0.4, -0.2) is 56.2 Å². The van der Waals surface area contributed by atoms with Gasteiger partial charge in [-0.05, 0) is 17.7 Å². The van der Waals surface area contributed by atoms with Crippen molar-refractivity contribution in [2.45, 2.75) is 50.5 Å². The van der Waals surface area contributed by atoms with Crippen molar-refractivity contribution in [3.8, 4) is 0 Å². The van der Waals surface area contributed by atoms with E-state index < -0.39 is 22.3 Å². The number of carboxylic acid groups (broad SMARTS) is 1. The fourth-order valence-electron chi connectivity index (χ4n) is 4.72. The van der Waals surface area contributed by atoms with Gasteiger partial charge >= 0.3 is 17.6 Å². The first-order valence-electron chi connectivity index (χ1n) is 11.1. The normalized spacial score (nSPS) is 17.7. The standard InChI is InChI=1S/C22H29N6O6S/c1-24-7-8-25(12-21(29)30)19(24)14-28(11-6-17-2-4-18(5-3-17)35(23,33)34)15-20-26(13-22(31)32)9-10-27(20)16-28/h2-5,7-10,22,31-32H,6,11-16H2,1H3,(H-2,23,29,30,33,34)/q+1/p+2. The van der Waals surface area contributed by atoms with Crippen LogP contribution in [0.1, 0.15) is 17.2 Å². The topological polar surface area (TPSA) is 156 Å². The molecule has 0 amide bonds. The molecule has 3 aromatic rings. The lowest BCUT2D eigenvalue weighted by atomic mass is 10.1. The number of aromatic nitrogens is 4. The second-order valence-electron chi connectivity index (χ2n) is 9.13. The Morgan fingerprint density at radius 1 is 1.17 bits per heavy atom. The van der Waals surface area contributed by atoms with Crippen LogP contribution in [0.5, 0.6) is 0 Å². The van der Waals surface area contributed by atoms with Crippen LogP contribution in [0.3, 0.4) is 0 Å². The van der Waals surface area contributed by atoms with E-state index in [1.807, 2.05) is 34.8 Å². The maximum atomic E-state index is 11.6. The lowest BCUT2D eigenvalue weighted by molar-refractivity contribution is -1.04. The van der Waals surface area contributed by atoms with Crippen molar-refractivity contribution in [2.75, 3.05) is 6.54 Å². The number of fused-ring (bicyclic) bond motifs is 1. The monoisotopic (exact) mass is 507 g/mol. The fourth-order valence-corrected chi connectivity index (χ4v) is 5.23. The summed E-state index contributed by atoms with van der Waals surface area (Å²) in [5.41, 5.74) is 0.954. The molecule has 5 N–H and O–H groups in total. The van der Waals surface area contributed by atoms with E-state index in [4.69, 9.17) is 5.14 Å². The van der Waals surface area contributed by atoms with E-state index in [0.29, 0.717) is 37.2 Å². The van der Waals surface area contributed by atoms with Gasteiger partial charge in [0.15, 0.2) is 25.9 Å². The molecule has 0 aliphatic carbocycles. The zero-order chi connectivity index (χ0) is 25.4. The molecule has 12 nitrogen and oxygen atoms in total. The Morgan fingerprint density at radius 3 is 2.49 bits per heavy atom. The van der Waals surface area contributed by atoms with Crippen molar-refractivity contribution in [1.29, 1.82) is 0 Å². The number of hydrogen-bond acceptors (Lipinski definition) is 5. The van der Waals surface area contributed by atoms with E-state index in [9.17, 15) is 28.5 Å². The second-order valence-corrected chi connectivity index (χ2v) is 10.7. The average molecular weight is 508 g/mol. The third kappa shape index (κ3) is 5.60. The summed E-state index contributed by atoms with van der Waals surface area (Å²) in [4.78, 5) is 11.5. The van der Waals surface area contributed by atoms with Gasteiger partial charge in [0.2, 0.25) is 16.7 Å². The number of quaternary nitrogens is 1. The number of sulfonamides is 1. The van der Waals surface area contributed by atoms with Gasteiger partial charge in [0.1, 0.15) is 31.3 Å². The van der Waals surface area contributed by atoms with Crippen LogP contribution < -0.4 is 14.3 Å². The maximum Gasteiger partial charge on any atom is 0.346 e. The Labute approximate surface area is 203 Å². The molecule has 35 heavy (non-hydrogen) atoms. The zero-order valence-electron chi connectivity index (χ0n) is 19.4. The summed E-state index contributed by atoms with van der Waals surface area (Å²) in [6.45, 7) is 2.38. The molecule has 1 aliphatic heterocycles. The van der Waals surface area contributed by atoms with Crippen LogP contribution >= 0.6 is 0 Å². The first kappa shape index (κ1) is 25.0. The number of imidazole rings is 2. The number of aliphatic hydroxyl groups excluding tert-OH is 1. The Kier molecular flexibility index (Phi) is 6.79. The van der Waals surface area contributed by atoms with Gasteiger partial charge in [-0.25, -0.2) is 32.1 Å². The number of nitrogens with zero attached hydrogens (tertiary/aromatic N) is 5. The molecule has 4 rings (SSSR count). The Balaban J connectivity index is 1.63. The maximum absolute atomic E-state index is 11.6. The number of aryl methyl sites for hydroxylation is 1. The van der Waals surface area contributed by atoms with Gasteiger partial charge in [-0.1, -0.05) is 12.1 Å². The summed E-state index contributed by atoms with van der Waals surface area (Å²) in [6, 6.07) is 6.50. The van der Waals surface area contributed by atoms with E-state index in [1.165, 1.54) is 12.1 Å². The quantitative estimate of drug-likeness (QED) is 0.144. The lowest BCUT2D eigenvalue weighted by Gasteiger charge is -2.30. The summed E-state index contributed by atoms with van der Waals surface area (Å²) < 4.78 is 31.3. The third-order valence-corrected chi connectivity index (χ3v) is 7.43. The van der Waals surface area contributed by atoms with Gasteiger partial charge in [-0.3, -0.25) is 4.48 Å². The highest BCUT2D eigenvalue weighted by molar-refractivity contribution is 7.89. The van der Waals surface area contributed by atoms with Crippen molar-refractivity contribution < 1.29 is 42.1 Å². The Bertz CT molecular complexity index is 1330. The highest BCUT2D eigenvalue weighted by atomic mass is 32.2. The van der Waals surface area contributed by atoms with Gasteiger partial charge in [0, 0.05) is 6.42 Å². The highest BCUT2D eigenvalue weighted by Gasteiger charge is 2.45. The van der Waals surface area contributed by atoms with E-state index in [2.05, 4.69) is 4.57 Å². The summed E-state index contributed by atoms with van der Waals surface area (Å²) in [5.74, 6) is 0.879. The van der Waals surface area contributed by atoms with Gasteiger partial charge in [0.25, 0.3) is 0 Å². The molecule has 1 atom stereocenters. The molecule has 0 spiro atoms. The molecule has 1 aromatic carbocycles. The van der Waals surface area contributed by atoms with Crippen LogP contribution in [-0.2, 0) is 61.1 Å². The molecule has 0 radical (unpaired) electrons. The molecule has 2 aromatic heterocycles. The summed E-state index contributed by atoms with van der Waals surface area (Å²) >= 11 is 0. The van der Waals surface area contributed by atoms with E-state index in [-0.39, 0.29) is 18.0 Å². The fraction of sp³-hybridized carbons (Fsp3) is 0.409. The molecule has 13 heteroatoms. The number of carboxylic acids is 1. The van der Waals surface area contributed by atoms with E-state index in [1.54, 1.807) is 22.9 Å². The molecule has 0 fully saturated rings. The number of aliphatic hydroxyl groups is 2. The number of rotatable bonds is 10. The van der Waals surface area contributed by atoms with Crippen LogP contribution in [0, 0.1) is 0 Å². The minimum absolute atomic E-state index is 0.0561. The minimum atomic E-state index is -3.76. The third-order valence-electron chi connectivity index (χ3n) is 6.50. The zero-order valence-corrected chi connectivity index (χ0v) is 20.3. The lowest BCUT2D eigenvalue weighted by Crippen LogP contribution is -2.52. The van der Waals surface area contributed by atoms with Gasteiger partial charge in [-0.2, -0.15) is 4.57 Å². The molecule has 1 aliphatic rings. The average Bonchev–Trinajstić information content (AvgIpc) is 3.41. The number of hydrogen-bond donors (Lipinski definition) is 4. The highest BCUT2D eigenvalue weighted by Crippen LogP contribution is 2.24. The van der Waals surface area contributed by atoms with Crippen LogP contribution in [0.2, 0.25) is 0 Å². The van der Waals surface area contributed by atoms with Crippen molar-refractivity contribution in [2.24, 2.45) is 12.2 Å². The van der Waals surface area contributed by atoms with Crippen LogP contribution in [0.25, 0.3) is 0 Å². The van der Waals surface area contributed by atoms with Gasteiger partial charge in [-0.15, -0.1) is 0 Å². The first-order valence-corrected chi connectivity index (χ1v) is 12.7. The SMILES string of the molecule is C[n+]1ccn(CC(=O)O)c1C[N+]1(CCc2ccc(S(N)(=O)=O)cc2)Cc2n(CC(O)O)cc[n+]2C1. The predicted molar refractivity (Wildman–Crippen MR) is 120 cm³/mol. The Morgan fingerprint density at radius 2 is 1.86 bits per heavy atom. The number of carbonyl (C=O) groups is 1. The van der Waals surface area contributed by atoms with Crippen molar-refractivity contribution in [3.63, 3.8) is 0 Å². The summed E-state index contributed by atoms with van der Waals surface area (Å²) in [7, 11) is -1.88. The molecule has 0 bridgehead atoms. The summed E-state index contributed by atoms with van der Waals surface area (Å²) in [6.07, 6.45) is 6.50. The molecular formula is C22H31N6O6S+3.